The maximum absolute atomic E-state index is 13.3. The molecule has 2 nitrogen and oxygen atoms in total. The number of halogens is 3. The Balaban J connectivity index is 1.55. The van der Waals surface area contributed by atoms with Crippen LogP contribution in [0.3, 0.4) is 0 Å². The third kappa shape index (κ3) is 3.55. The number of nitrogens with one attached hydrogen (secondary N) is 1. The molecule has 0 atom stereocenters. The van der Waals surface area contributed by atoms with Gasteiger partial charge < -0.3 is 9.72 Å². The van der Waals surface area contributed by atoms with Crippen LogP contribution in [0.15, 0.2) is 36.4 Å². The second-order valence-corrected chi connectivity index (χ2v) is 7.17. The molecule has 0 amide bonds. The van der Waals surface area contributed by atoms with Gasteiger partial charge in [-0.05, 0) is 66.6 Å². The molecule has 0 radical (unpaired) electrons. The zero-order valence-corrected chi connectivity index (χ0v) is 15.2. The highest BCUT2D eigenvalue weighted by Crippen LogP contribution is 2.34. The Hall–Kier alpha value is -2.43. The lowest BCUT2D eigenvalue weighted by Crippen LogP contribution is -2.10. The van der Waals surface area contributed by atoms with Crippen LogP contribution < -0.4 is 4.74 Å². The minimum atomic E-state index is -4.34. The van der Waals surface area contributed by atoms with Crippen molar-refractivity contribution in [1.29, 1.82) is 0 Å². The van der Waals surface area contributed by atoms with Crippen molar-refractivity contribution in [3.8, 4) is 5.75 Å². The molecule has 3 aromatic rings. The van der Waals surface area contributed by atoms with E-state index in [0.29, 0.717) is 29.7 Å². The average molecular weight is 373 g/mol. The Kier molecular flexibility index (Phi) is 4.62. The highest BCUT2D eigenvalue weighted by molar-refractivity contribution is 5.86. The summed E-state index contributed by atoms with van der Waals surface area (Å²) in [6.45, 7) is 2.00. The molecule has 27 heavy (non-hydrogen) atoms. The number of hydrogen-bond acceptors (Lipinski definition) is 1. The molecule has 0 bridgehead atoms. The number of aryl methyl sites for hydroxylation is 3. The number of alkyl halides is 3. The molecule has 5 heteroatoms. The summed E-state index contributed by atoms with van der Waals surface area (Å²) in [4.78, 5) is 3.44. The fourth-order valence-electron chi connectivity index (χ4n) is 3.94. The number of aromatic amines is 1. The number of ether oxygens (including phenoxy) is 1. The summed E-state index contributed by atoms with van der Waals surface area (Å²) in [6, 6.07) is 10.4. The van der Waals surface area contributed by atoms with Crippen LogP contribution in [0.4, 0.5) is 13.2 Å². The Morgan fingerprint density at radius 1 is 1.07 bits per heavy atom. The van der Waals surface area contributed by atoms with Gasteiger partial charge in [-0.15, -0.1) is 0 Å². The zero-order valence-electron chi connectivity index (χ0n) is 15.2. The summed E-state index contributed by atoms with van der Waals surface area (Å²) in [5, 5.41) is 1.16. The molecule has 142 valence electrons. The predicted molar refractivity (Wildman–Crippen MR) is 100 cm³/mol. The van der Waals surface area contributed by atoms with Gasteiger partial charge in [0.25, 0.3) is 0 Å². The monoisotopic (exact) mass is 373 g/mol. The summed E-state index contributed by atoms with van der Waals surface area (Å²) >= 11 is 0. The third-order valence-electron chi connectivity index (χ3n) is 5.22. The number of H-pyrrole nitrogens is 1. The van der Waals surface area contributed by atoms with Crippen molar-refractivity contribution in [2.75, 3.05) is 0 Å². The van der Waals surface area contributed by atoms with Gasteiger partial charge in [0.2, 0.25) is 0 Å². The molecule has 0 saturated heterocycles. The van der Waals surface area contributed by atoms with Crippen LogP contribution in [0.5, 0.6) is 5.75 Å². The van der Waals surface area contributed by atoms with Crippen molar-refractivity contribution in [3.63, 3.8) is 0 Å². The zero-order chi connectivity index (χ0) is 19.0. The van der Waals surface area contributed by atoms with E-state index in [9.17, 15) is 13.2 Å². The van der Waals surface area contributed by atoms with Gasteiger partial charge >= 0.3 is 6.18 Å². The molecule has 1 aromatic heterocycles. The molecular weight excluding hydrogens is 351 g/mol. The molecule has 0 fully saturated rings. The van der Waals surface area contributed by atoms with Crippen LogP contribution in [-0.4, -0.2) is 4.98 Å². The lowest BCUT2D eigenvalue weighted by atomic mass is 10.00. The first-order chi connectivity index (χ1) is 13.0. The average Bonchev–Trinajstić information content (AvgIpc) is 3.21. The van der Waals surface area contributed by atoms with Gasteiger partial charge in [0.05, 0.1) is 5.56 Å². The number of benzene rings is 2. The molecular formula is C22H22F3NO. The van der Waals surface area contributed by atoms with Gasteiger partial charge in [-0.2, -0.15) is 13.2 Å². The molecule has 2 aromatic carbocycles. The van der Waals surface area contributed by atoms with Crippen molar-refractivity contribution in [2.24, 2.45) is 0 Å². The summed E-state index contributed by atoms with van der Waals surface area (Å²) in [5.74, 6) is 0.683. The van der Waals surface area contributed by atoms with E-state index in [2.05, 4.69) is 4.98 Å². The van der Waals surface area contributed by atoms with Crippen molar-refractivity contribution >= 4 is 10.9 Å². The molecule has 0 unspecified atom stereocenters. The summed E-state index contributed by atoms with van der Waals surface area (Å²) < 4.78 is 45.8. The minimum absolute atomic E-state index is 0.119. The number of hydrogen-bond donors (Lipinski definition) is 1. The van der Waals surface area contributed by atoms with Crippen molar-refractivity contribution < 1.29 is 17.9 Å². The van der Waals surface area contributed by atoms with Crippen molar-refractivity contribution in [3.05, 3.63) is 64.3 Å². The Morgan fingerprint density at radius 3 is 2.70 bits per heavy atom. The first kappa shape index (κ1) is 18.0. The van der Waals surface area contributed by atoms with E-state index in [1.54, 1.807) is 12.1 Å². The van der Waals surface area contributed by atoms with E-state index in [-0.39, 0.29) is 6.61 Å². The van der Waals surface area contributed by atoms with Gasteiger partial charge in [0.1, 0.15) is 12.4 Å². The van der Waals surface area contributed by atoms with Crippen LogP contribution in [0.1, 0.15) is 47.7 Å². The van der Waals surface area contributed by atoms with Gasteiger partial charge in [-0.25, -0.2) is 0 Å². The number of fused-ring (bicyclic) bond motifs is 3. The standard InChI is InChI=1S/C22H22F3NO/c1-2-4-15-8-7-14(11-19(15)22(23,24)25)13-27-16-9-10-21-18(12-16)17-5-3-6-20(17)26-21/h7-12,26H,2-6,13H2,1H3. The lowest BCUT2D eigenvalue weighted by Gasteiger charge is -2.15. The predicted octanol–water partition coefficient (Wildman–Crippen LogP) is 6.21. The molecule has 1 N–H and O–H groups in total. The van der Waals surface area contributed by atoms with E-state index in [4.69, 9.17) is 4.74 Å². The quantitative estimate of drug-likeness (QED) is 0.565. The molecule has 1 heterocycles. The van der Waals surface area contributed by atoms with E-state index in [1.807, 2.05) is 25.1 Å². The van der Waals surface area contributed by atoms with Crippen molar-refractivity contribution in [1.82, 2.24) is 4.98 Å². The van der Waals surface area contributed by atoms with Crippen molar-refractivity contribution in [2.45, 2.75) is 51.8 Å². The van der Waals surface area contributed by atoms with Crippen LogP contribution in [0, 0.1) is 0 Å². The van der Waals surface area contributed by atoms with E-state index in [0.717, 1.165) is 30.2 Å². The van der Waals surface area contributed by atoms with Crippen LogP contribution >= 0.6 is 0 Å². The highest BCUT2D eigenvalue weighted by Gasteiger charge is 2.33. The maximum Gasteiger partial charge on any atom is 0.416 e. The molecule has 0 saturated carbocycles. The highest BCUT2D eigenvalue weighted by atomic mass is 19.4. The third-order valence-corrected chi connectivity index (χ3v) is 5.22. The normalized spacial score (nSPS) is 13.9. The summed E-state index contributed by atoms with van der Waals surface area (Å²) in [7, 11) is 0. The fourth-order valence-corrected chi connectivity index (χ4v) is 3.94. The molecule has 0 aliphatic heterocycles. The van der Waals surface area contributed by atoms with Gasteiger partial charge in [-0.3, -0.25) is 0 Å². The maximum atomic E-state index is 13.3. The summed E-state index contributed by atoms with van der Waals surface area (Å²) in [5.41, 5.74) is 4.06. The van der Waals surface area contributed by atoms with E-state index < -0.39 is 11.7 Å². The van der Waals surface area contributed by atoms with E-state index >= 15 is 0 Å². The first-order valence-electron chi connectivity index (χ1n) is 9.41. The smallest absolute Gasteiger partial charge is 0.416 e. The number of aromatic nitrogens is 1. The molecule has 4 rings (SSSR count). The lowest BCUT2D eigenvalue weighted by molar-refractivity contribution is -0.138. The molecule has 1 aliphatic rings. The molecule has 0 spiro atoms. The second-order valence-electron chi connectivity index (χ2n) is 7.17. The second kappa shape index (κ2) is 6.95. The largest absolute Gasteiger partial charge is 0.489 e. The number of rotatable bonds is 5. The minimum Gasteiger partial charge on any atom is -0.489 e. The van der Waals surface area contributed by atoms with Crippen LogP contribution in [0.2, 0.25) is 0 Å². The van der Waals surface area contributed by atoms with Crippen LogP contribution in [0.25, 0.3) is 10.9 Å². The Morgan fingerprint density at radius 2 is 1.93 bits per heavy atom. The Bertz CT molecular complexity index is 972. The fraction of sp³-hybridized carbons (Fsp3) is 0.364. The molecule has 1 aliphatic carbocycles. The van der Waals surface area contributed by atoms with Crippen LogP contribution in [-0.2, 0) is 32.0 Å². The van der Waals surface area contributed by atoms with Gasteiger partial charge in [0.15, 0.2) is 0 Å². The van der Waals surface area contributed by atoms with Gasteiger partial charge in [0, 0.05) is 16.6 Å². The van der Waals surface area contributed by atoms with E-state index in [1.165, 1.54) is 17.3 Å². The van der Waals surface area contributed by atoms with Gasteiger partial charge in [-0.1, -0.05) is 25.5 Å². The first-order valence-corrected chi connectivity index (χ1v) is 9.41. The summed E-state index contributed by atoms with van der Waals surface area (Å²) in [6.07, 6.45) is 0.0555. The topological polar surface area (TPSA) is 25.0 Å². The Labute approximate surface area is 156 Å². The SMILES string of the molecule is CCCc1ccc(COc2ccc3[nH]c4c(c3c2)CCC4)cc1C(F)(F)F.